The molecule has 0 spiro atoms. The van der Waals surface area contributed by atoms with Gasteiger partial charge in [-0.05, 0) is 27.6 Å². The van der Waals surface area contributed by atoms with Gasteiger partial charge in [-0.3, -0.25) is 0 Å². The van der Waals surface area contributed by atoms with Crippen molar-refractivity contribution in [3.63, 3.8) is 0 Å². The first-order valence-corrected chi connectivity index (χ1v) is 7.75. The summed E-state index contributed by atoms with van der Waals surface area (Å²) >= 11 is 0. The van der Waals surface area contributed by atoms with Crippen LogP contribution in [0, 0.1) is 0 Å². The summed E-state index contributed by atoms with van der Waals surface area (Å²) < 4.78 is 0. The summed E-state index contributed by atoms with van der Waals surface area (Å²) in [5, 5.41) is 4.75. The highest BCUT2D eigenvalue weighted by atomic mass is 15.0. The molecule has 112 valence electrons. The van der Waals surface area contributed by atoms with Gasteiger partial charge < -0.3 is 0 Å². The van der Waals surface area contributed by atoms with Crippen LogP contribution in [0.15, 0.2) is 73.2 Å². The fourth-order valence-electron chi connectivity index (χ4n) is 3.14. The first-order valence-electron chi connectivity index (χ1n) is 7.75. The zero-order valence-electron chi connectivity index (χ0n) is 12.7. The molecule has 0 saturated heterocycles. The van der Waals surface area contributed by atoms with Crippen molar-refractivity contribution in [2.45, 2.75) is 0 Å². The highest BCUT2D eigenvalue weighted by Gasteiger charge is 2.11. The van der Waals surface area contributed by atoms with Crippen LogP contribution in [0.5, 0.6) is 0 Å². The third-order valence-electron chi connectivity index (χ3n) is 4.24. The van der Waals surface area contributed by atoms with Gasteiger partial charge in [0.15, 0.2) is 11.5 Å². The van der Waals surface area contributed by atoms with Crippen molar-refractivity contribution >= 4 is 32.7 Å². The number of hydrogen-bond acceptors (Lipinski definition) is 4. The first kappa shape index (κ1) is 13.1. The SMILES string of the molecule is c1ccc2c(c1)cc(-c1ncc3nccnc3n1)c1ccccc12. The Hall–Kier alpha value is -3.40. The van der Waals surface area contributed by atoms with E-state index < -0.39 is 0 Å². The largest absolute Gasteiger partial charge is 0.250 e. The lowest BCUT2D eigenvalue weighted by atomic mass is 9.97. The number of benzene rings is 3. The zero-order chi connectivity index (χ0) is 15.9. The molecular weight excluding hydrogens is 296 g/mol. The van der Waals surface area contributed by atoms with Crippen LogP contribution in [0.2, 0.25) is 0 Å². The van der Waals surface area contributed by atoms with Gasteiger partial charge in [-0.25, -0.2) is 19.9 Å². The molecule has 0 amide bonds. The molecular formula is C20H12N4. The number of aromatic nitrogens is 4. The maximum atomic E-state index is 4.62. The van der Waals surface area contributed by atoms with E-state index in [1.54, 1.807) is 18.6 Å². The van der Waals surface area contributed by atoms with Crippen LogP contribution < -0.4 is 0 Å². The van der Waals surface area contributed by atoms with E-state index in [9.17, 15) is 0 Å². The van der Waals surface area contributed by atoms with Gasteiger partial charge in [0, 0.05) is 18.0 Å². The van der Waals surface area contributed by atoms with E-state index in [0.717, 1.165) is 10.9 Å². The molecule has 0 N–H and O–H groups in total. The molecule has 0 aliphatic carbocycles. The normalized spacial score (nSPS) is 11.3. The van der Waals surface area contributed by atoms with Crippen LogP contribution in [-0.4, -0.2) is 19.9 Å². The molecule has 0 bridgehead atoms. The Morgan fingerprint density at radius 3 is 2.33 bits per heavy atom. The van der Waals surface area contributed by atoms with Crippen molar-refractivity contribution in [3.8, 4) is 11.4 Å². The minimum Gasteiger partial charge on any atom is -0.250 e. The van der Waals surface area contributed by atoms with Gasteiger partial charge >= 0.3 is 0 Å². The van der Waals surface area contributed by atoms with Crippen LogP contribution in [0.1, 0.15) is 0 Å². The number of fused-ring (bicyclic) bond motifs is 4. The number of hydrogen-bond donors (Lipinski definition) is 0. The Labute approximate surface area is 137 Å². The van der Waals surface area contributed by atoms with Crippen molar-refractivity contribution < 1.29 is 0 Å². The zero-order valence-corrected chi connectivity index (χ0v) is 12.7. The Morgan fingerprint density at radius 1 is 0.667 bits per heavy atom. The molecule has 4 heteroatoms. The molecule has 0 aliphatic rings. The van der Waals surface area contributed by atoms with Crippen LogP contribution in [-0.2, 0) is 0 Å². The van der Waals surface area contributed by atoms with Gasteiger partial charge in [0.25, 0.3) is 0 Å². The van der Waals surface area contributed by atoms with Gasteiger partial charge in [-0.15, -0.1) is 0 Å². The summed E-state index contributed by atoms with van der Waals surface area (Å²) in [4.78, 5) is 17.7. The highest BCUT2D eigenvalue weighted by molar-refractivity contribution is 6.13. The maximum Gasteiger partial charge on any atom is 0.181 e. The number of rotatable bonds is 1. The Bertz CT molecular complexity index is 1210. The quantitative estimate of drug-likeness (QED) is 0.431. The Balaban J connectivity index is 1.89. The highest BCUT2D eigenvalue weighted by Crippen LogP contribution is 2.33. The molecule has 0 radical (unpaired) electrons. The third kappa shape index (κ3) is 1.93. The first-order chi connectivity index (χ1) is 11.9. The van der Waals surface area contributed by atoms with E-state index in [1.165, 1.54) is 16.2 Å². The van der Waals surface area contributed by atoms with Crippen LogP contribution in [0.4, 0.5) is 0 Å². The fourth-order valence-corrected chi connectivity index (χ4v) is 3.14. The van der Waals surface area contributed by atoms with E-state index in [0.29, 0.717) is 17.0 Å². The average molecular weight is 308 g/mol. The van der Waals surface area contributed by atoms with Crippen molar-refractivity contribution in [1.82, 2.24) is 19.9 Å². The lowest BCUT2D eigenvalue weighted by Gasteiger charge is -2.09. The van der Waals surface area contributed by atoms with Crippen molar-refractivity contribution in [1.29, 1.82) is 0 Å². The predicted molar refractivity (Wildman–Crippen MR) is 95.6 cm³/mol. The molecule has 0 unspecified atom stereocenters. The summed E-state index contributed by atoms with van der Waals surface area (Å²) in [6.07, 6.45) is 5.03. The van der Waals surface area contributed by atoms with E-state index in [-0.39, 0.29) is 0 Å². The molecule has 4 nitrogen and oxygen atoms in total. The molecule has 5 rings (SSSR count). The lowest BCUT2D eigenvalue weighted by Crippen LogP contribution is -1.94. The van der Waals surface area contributed by atoms with E-state index in [2.05, 4.69) is 62.4 Å². The third-order valence-corrected chi connectivity index (χ3v) is 4.24. The molecule has 0 fully saturated rings. The summed E-state index contributed by atoms with van der Waals surface area (Å²) in [7, 11) is 0. The predicted octanol–water partition coefficient (Wildman–Crippen LogP) is 4.39. The molecule has 2 heterocycles. The second-order valence-electron chi connectivity index (χ2n) is 5.65. The lowest BCUT2D eigenvalue weighted by molar-refractivity contribution is 1.16. The second kappa shape index (κ2) is 5.06. The standard InChI is InChI=1S/C20H12N4/c1-2-6-14-13(5-1)11-17(16-8-4-3-7-15(14)16)19-23-12-18-20(24-19)22-10-9-21-18/h1-12H. The molecule has 2 aromatic heterocycles. The van der Waals surface area contributed by atoms with Gasteiger partial charge in [0.2, 0.25) is 0 Å². The van der Waals surface area contributed by atoms with Gasteiger partial charge in [-0.1, -0.05) is 48.5 Å². The smallest absolute Gasteiger partial charge is 0.181 e. The average Bonchev–Trinajstić information content (AvgIpc) is 2.67. The van der Waals surface area contributed by atoms with Crippen molar-refractivity contribution in [2.75, 3.05) is 0 Å². The summed E-state index contributed by atoms with van der Waals surface area (Å²) in [6, 6.07) is 18.9. The van der Waals surface area contributed by atoms with Gasteiger partial charge in [-0.2, -0.15) is 0 Å². The minimum absolute atomic E-state index is 0.611. The summed E-state index contributed by atoms with van der Waals surface area (Å²) in [5.74, 6) is 0.671. The fraction of sp³-hybridized carbons (Fsp3) is 0. The topological polar surface area (TPSA) is 51.6 Å². The van der Waals surface area contributed by atoms with Crippen LogP contribution in [0.3, 0.4) is 0 Å². The Kier molecular flexibility index (Phi) is 2.76. The summed E-state index contributed by atoms with van der Waals surface area (Å²) in [5.41, 5.74) is 2.32. The van der Waals surface area contributed by atoms with Crippen LogP contribution >= 0.6 is 0 Å². The second-order valence-corrected chi connectivity index (χ2v) is 5.65. The summed E-state index contributed by atoms with van der Waals surface area (Å²) in [6.45, 7) is 0. The van der Waals surface area contributed by atoms with E-state index >= 15 is 0 Å². The molecule has 3 aromatic carbocycles. The van der Waals surface area contributed by atoms with Crippen molar-refractivity contribution in [3.05, 3.63) is 73.2 Å². The minimum atomic E-state index is 0.611. The number of nitrogens with zero attached hydrogens (tertiary/aromatic N) is 4. The van der Waals surface area contributed by atoms with E-state index in [4.69, 9.17) is 0 Å². The molecule has 24 heavy (non-hydrogen) atoms. The van der Waals surface area contributed by atoms with Crippen molar-refractivity contribution in [2.24, 2.45) is 0 Å². The van der Waals surface area contributed by atoms with Crippen LogP contribution in [0.25, 0.3) is 44.1 Å². The van der Waals surface area contributed by atoms with E-state index in [1.807, 2.05) is 12.1 Å². The molecule has 0 atom stereocenters. The Morgan fingerprint density at radius 2 is 1.42 bits per heavy atom. The van der Waals surface area contributed by atoms with Gasteiger partial charge in [0.1, 0.15) is 5.52 Å². The van der Waals surface area contributed by atoms with Gasteiger partial charge in [0.05, 0.1) is 6.20 Å². The molecule has 0 saturated carbocycles. The maximum absolute atomic E-state index is 4.62. The molecule has 5 aromatic rings. The molecule has 0 aliphatic heterocycles. The monoisotopic (exact) mass is 308 g/mol.